The topological polar surface area (TPSA) is 45.0 Å². The van der Waals surface area contributed by atoms with E-state index < -0.39 is 0 Å². The average molecular weight is 309 g/mol. The van der Waals surface area contributed by atoms with Crippen molar-refractivity contribution in [1.29, 1.82) is 5.26 Å². The molecule has 1 unspecified atom stereocenters. The van der Waals surface area contributed by atoms with E-state index in [0.717, 1.165) is 36.2 Å². The first-order valence-electron chi connectivity index (χ1n) is 6.25. The molecule has 1 aliphatic rings. The molecule has 0 aliphatic carbocycles. The zero-order valence-electron chi connectivity index (χ0n) is 10.4. The van der Waals surface area contributed by atoms with Crippen LogP contribution in [0.3, 0.4) is 0 Å². The molecule has 96 valence electrons. The van der Waals surface area contributed by atoms with E-state index in [1.165, 1.54) is 0 Å². The van der Waals surface area contributed by atoms with Crippen LogP contribution in [0.25, 0.3) is 0 Å². The quantitative estimate of drug-likeness (QED) is 0.929. The van der Waals surface area contributed by atoms with E-state index in [1.807, 2.05) is 18.2 Å². The Labute approximate surface area is 116 Å². The second-order valence-corrected chi connectivity index (χ2v) is 5.51. The SMILES string of the molecule is CC(Nc1cccc(Br)c1C#N)C1CCOCC1. The number of anilines is 1. The van der Waals surface area contributed by atoms with E-state index in [2.05, 4.69) is 34.2 Å². The first-order chi connectivity index (χ1) is 8.72. The molecule has 1 N–H and O–H groups in total. The number of rotatable bonds is 3. The van der Waals surface area contributed by atoms with E-state index in [9.17, 15) is 5.26 Å². The molecular weight excluding hydrogens is 292 g/mol. The number of hydrogen-bond donors (Lipinski definition) is 1. The number of nitriles is 1. The van der Waals surface area contributed by atoms with Crippen molar-refractivity contribution in [2.24, 2.45) is 5.92 Å². The molecule has 1 atom stereocenters. The van der Waals surface area contributed by atoms with Gasteiger partial charge in [0.05, 0.1) is 11.3 Å². The number of hydrogen-bond acceptors (Lipinski definition) is 3. The summed E-state index contributed by atoms with van der Waals surface area (Å²) in [6, 6.07) is 8.39. The molecular formula is C14H17BrN2O. The fraction of sp³-hybridized carbons (Fsp3) is 0.500. The van der Waals surface area contributed by atoms with Crippen LogP contribution in [0.4, 0.5) is 5.69 Å². The molecule has 1 aliphatic heterocycles. The van der Waals surface area contributed by atoms with Crippen molar-refractivity contribution in [2.45, 2.75) is 25.8 Å². The van der Waals surface area contributed by atoms with Crippen molar-refractivity contribution < 1.29 is 4.74 Å². The first-order valence-corrected chi connectivity index (χ1v) is 7.04. The van der Waals surface area contributed by atoms with Gasteiger partial charge in [-0.2, -0.15) is 5.26 Å². The lowest BCUT2D eigenvalue weighted by atomic mass is 9.92. The van der Waals surface area contributed by atoms with Gasteiger partial charge in [-0.05, 0) is 53.7 Å². The molecule has 18 heavy (non-hydrogen) atoms. The number of nitrogens with zero attached hydrogens (tertiary/aromatic N) is 1. The van der Waals surface area contributed by atoms with Gasteiger partial charge in [-0.25, -0.2) is 0 Å². The lowest BCUT2D eigenvalue weighted by Gasteiger charge is -2.29. The van der Waals surface area contributed by atoms with E-state index in [4.69, 9.17) is 4.74 Å². The summed E-state index contributed by atoms with van der Waals surface area (Å²) < 4.78 is 6.22. The summed E-state index contributed by atoms with van der Waals surface area (Å²) in [5, 5.41) is 12.6. The minimum atomic E-state index is 0.357. The molecule has 0 amide bonds. The summed E-state index contributed by atoms with van der Waals surface area (Å²) in [5.74, 6) is 0.615. The number of ether oxygens (including phenoxy) is 1. The Hall–Kier alpha value is -1.05. The van der Waals surface area contributed by atoms with Crippen molar-refractivity contribution >= 4 is 21.6 Å². The van der Waals surface area contributed by atoms with Crippen LogP contribution in [0.15, 0.2) is 22.7 Å². The molecule has 0 radical (unpaired) electrons. The Morgan fingerprint density at radius 3 is 2.83 bits per heavy atom. The summed E-state index contributed by atoms with van der Waals surface area (Å²) in [7, 11) is 0. The summed E-state index contributed by atoms with van der Waals surface area (Å²) in [6.07, 6.45) is 2.17. The predicted molar refractivity (Wildman–Crippen MR) is 75.5 cm³/mol. The van der Waals surface area contributed by atoms with Crippen molar-refractivity contribution in [3.05, 3.63) is 28.2 Å². The zero-order valence-corrected chi connectivity index (χ0v) is 12.0. The van der Waals surface area contributed by atoms with Crippen LogP contribution in [0.2, 0.25) is 0 Å². The smallest absolute Gasteiger partial charge is 0.103 e. The molecule has 4 heteroatoms. The third-order valence-corrected chi connectivity index (χ3v) is 4.14. The molecule has 1 aromatic carbocycles. The summed E-state index contributed by atoms with van der Waals surface area (Å²) in [6.45, 7) is 3.87. The van der Waals surface area contributed by atoms with Gasteiger partial charge in [-0.15, -0.1) is 0 Å². The molecule has 1 saturated heterocycles. The van der Waals surface area contributed by atoms with Crippen molar-refractivity contribution in [3.8, 4) is 6.07 Å². The lowest BCUT2D eigenvalue weighted by molar-refractivity contribution is 0.0622. The van der Waals surface area contributed by atoms with E-state index in [-0.39, 0.29) is 0 Å². The zero-order chi connectivity index (χ0) is 13.0. The average Bonchev–Trinajstić information content (AvgIpc) is 2.40. The molecule has 1 fully saturated rings. The van der Waals surface area contributed by atoms with Crippen LogP contribution in [-0.2, 0) is 4.74 Å². The van der Waals surface area contributed by atoms with Gasteiger partial charge < -0.3 is 10.1 Å². The van der Waals surface area contributed by atoms with Gasteiger partial charge in [0, 0.05) is 23.7 Å². The van der Waals surface area contributed by atoms with Crippen LogP contribution in [0, 0.1) is 17.2 Å². The molecule has 1 heterocycles. The molecule has 0 bridgehead atoms. The third-order valence-electron chi connectivity index (χ3n) is 3.48. The van der Waals surface area contributed by atoms with Gasteiger partial charge in [0.25, 0.3) is 0 Å². The maximum absolute atomic E-state index is 9.18. The lowest BCUT2D eigenvalue weighted by Crippen LogP contribution is -2.31. The Kier molecular flexibility index (Phi) is 4.62. The van der Waals surface area contributed by atoms with E-state index >= 15 is 0 Å². The number of nitrogens with one attached hydrogen (secondary N) is 1. The van der Waals surface area contributed by atoms with Gasteiger partial charge in [-0.1, -0.05) is 6.07 Å². The van der Waals surface area contributed by atoms with Gasteiger partial charge in [0.15, 0.2) is 0 Å². The molecule has 2 rings (SSSR count). The largest absolute Gasteiger partial charge is 0.381 e. The maximum atomic E-state index is 9.18. The molecule has 0 saturated carbocycles. The van der Waals surface area contributed by atoms with Crippen LogP contribution in [0.5, 0.6) is 0 Å². The summed E-state index contributed by atoms with van der Waals surface area (Å²) >= 11 is 3.41. The predicted octanol–water partition coefficient (Wildman–Crippen LogP) is 3.55. The summed E-state index contributed by atoms with van der Waals surface area (Å²) in [4.78, 5) is 0. The molecule has 0 spiro atoms. The van der Waals surface area contributed by atoms with Crippen LogP contribution < -0.4 is 5.32 Å². The van der Waals surface area contributed by atoms with Crippen LogP contribution in [-0.4, -0.2) is 19.3 Å². The highest BCUT2D eigenvalue weighted by Crippen LogP contribution is 2.27. The highest BCUT2D eigenvalue weighted by Gasteiger charge is 2.21. The Morgan fingerprint density at radius 2 is 2.17 bits per heavy atom. The van der Waals surface area contributed by atoms with Crippen molar-refractivity contribution in [2.75, 3.05) is 18.5 Å². The number of halogens is 1. The standard InChI is InChI=1S/C14H17BrN2O/c1-10(11-5-7-18-8-6-11)17-14-4-2-3-13(15)12(14)9-16/h2-4,10-11,17H,5-8H2,1H3. The fourth-order valence-corrected chi connectivity index (χ4v) is 2.79. The molecule has 1 aromatic rings. The molecule has 0 aromatic heterocycles. The Morgan fingerprint density at radius 1 is 1.44 bits per heavy atom. The van der Waals surface area contributed by atoms with Gasteiger partial charge in [0.1, 0.15) is 6.07 Å². The fourth-order valence-electron chi connectivity index (χ4n) is 2.34. The Bertz CT molecular complexity index is 450. The van der Waals surface area contributed by atoms with Gasteiger partial charge in [0.2, 0.25) is 0 Å². The van der Waals surface area contributed by atoms with Crippen molar-refractivity contribution in [1.82, 2.24) is 0 Å². The van der Waals surface area contributed by atoms with Gasteiger partial charge >= 0.3 is 0 Å². The molecule has 3 nitrogen and oxygen atoms in total. The number of benzene rings is 1. The van der Waals surface area contributed by atoms with E-state index in [0.29, 0.717) is 17.5 Å². The highest BCUT2D eigenvalue weighted by molar-refractivity contribution is 9.10. The monoisotopic (exact) mass is 308 g/mol. The van der Waals surface area contributed by atoms with Crippen LogP contribution >= 0.6 is 15.9 Å². The van der Waals surface area contributed by atoms with Gasteiger partial charge in [-0.3, -0.25) is 0 Å². The minimum absolute atomic E-state index is 0.357. The normalized spacial score (nSPS) is 18.1. The van der Waals surface area contributed by atoms with Crippen molar-refractivity contribution in [3.63, 3.8) is 0 Å². The second-order valence-electron chi connectivity index (χ2n) is 4.66. The summed E-state index contributed by atoms with van der Waals surface area (Å²) in [5.41, 5.74) is 1.59. The van der Waals surface area contributed by atoms with Crippen LogP contribution in [0.1, 0.15) is 25.3 Å². The Balaban J connectivity index is 2.09. The first kappa shape index (κ1) is 13.4. The van der Waals surface area contributed by atoms with E-state index in [1.54, 1.807) is 0 Å². The highest BCUT2D eigenvalue weighted by atomic mass is 79.9. The maximum Gasteiger partial charge on any atom is 0.103 e. The second kappa shape index (κ2) is 6.21. The minimum Gasteiger partial charge on any atom is -0.381 e. The third kappa shape index (κ3) is 3.04.